The average molecular weight is 242 g/mol. The number of nitrogens with two attached hydrogens (primary N) is 1. The van der Waals surface area contributed by atoms with E-state index in [9.17, 15) is 4.79 Å². The largest absolute Gasteiger partial charge is 0.492 e. The Morgan fingerprint density at radius 3 is 2.75 bits per heavy atom. The van der Waals surface area contributed by atoms with Crippen molar-refractivity contribution in [3.8, 4) is 5.75 Å². The lowest BCUT2D eigenvalue weighted by Gasteiger charge is -2.10. The molecule has 0 heterocycles. The highest BCUT2D eigenvalue weighted by atomic mass is 35.5. The number of hydrogen-bond acceptors (Lipinski definition) is 3. The molecule has 0 aliphatic rings. The lowest BCUT2D eigenvalue weighted by Crippen LogP contribution is -2.09. The van der Waals surface area contributed by atoms with Crippen molar-refractivity contribution in [2.45, 2.75) is 20.3 Å². The smallest absolute Gasteiger partial charge is 0.164 e. The third kappa shape index (κ3) is 2.97. The van der Waals surface area contributed by atoms with E-state index in [1.54, 1.807) is 12.1 Å². The number of hydrogen-bond donors (Lipinski definition) is 1. The number of aryl methyl sites for hydroxylation is 1. The van der Waals surface area contributed by atoms with Crippen LogP contribution < -0.4 is 10.5 Å². The molecule has 88 valence electrons. The maximum atomic E-state index is 11.7. The first-order valence-electron chi connectivity index (χ1n) is 5.26. The van der Waals surface area contributed by atoms with Gasteiger partial charge in [-0.2, -0.15) is 0 Å². The summed E-state index contributed by atoms with van der Waals surface area (Å²) in [6.07, 6.45) is 0.338. The fourth-order valence-corrected chi connectivity index (χ4v) is 1.71. The molecule has 0 spiro atoms. The van der Waals surface area contributed by atoms with E-state index in [4.69, 9.17) is 22.1 Å². The summed E-state index contributed by atoms with van der Waals surface area (Å²) in [6, 6.07) is 3.44. The molecule has 0 amide bonds. The second kappa shape index (κ2) is 5.87. The van der Waals surface area contributed by atoms with E-state index in [1.807, 2.05) is 13.8 Å². The molecule has 0 saturated carbocycles. The third-order valence-corrected chi connectivity index (χ3v) is 2.55. The van der Waals surface area contributed by atoms with Crippen LogP contribution in [0.3, 0.4) is 0 Å². The molecule has 4 heteroatoms. The van der Waals surface area contributed by atoms with Gasteiger partial charge in [0.1, 0.15) is 5.75 Å². The van der Waals surface area contributed by atoms with Crippen LogP contribution in [0.2, 0.25) is 5.02 Å². The lowest BCUT2D eigenvalue weighted by atomic mass is 10.0. The summed E-state index contributed by atoms with van der Waals surface area (Å²) in [5.74, 6) is 0.635. The van der Waals surface area contributed by atoms with E-state index < -0.39 is 0 Å². The first-order chi connectivity index (χ1) is 7.60. The molecule has 3 nitrogen and oxygen atoms in total. The van der Waals surface area contributed by atoms with Gasteiger partial charge in [0.05, 0.1) is 11.6 Å². The molecule has 0 atom stereocenters. The summed E-state index contributed by atoms with van der Waals surface area (Å²) < 4.78 is 5.34. The zero-order valence-corrected chi connectivity index (χ0v) is 10.3. The third-order valence-electron chi connectivity index (χ3n) is 2.25. The Kier molecular flexibility index (Phi) is 4.77. The summed E-state index contributed by atoms with van der Waals surface area (Å²) in [4.78, 5) is 11.7. The number of rotatable bonds is 5. The van der Waals surface area contributed by atoms with Crippen LogP contribution in [-0.4, -0.2) is 18.9 Å². The number of carbonyl (C=O) groups excluding carboxylic acids is 1. The van der Waals surface area contributed by atoms with Gasteiger partial charge in [-0.3, -0.25) is 4.79 Å². The van der Waals surface area contributed by atoms with Gasteiger partial charge in [-0.15, -0.1) is 0 Å². The topological polar surface area (TPSA) is 52.3 Å². The molecule has 1 rings (SSSR count). The summed E-state index contributed by atoms with van der Waals surface area (Å²) in [5.41, 5.74) is 6.84. The van der Waals surface area contributed by atoms with Gasteiger partial charge < -0.3 is 10.5 Å². The second-order valence-electron chi connectivity index (χ2n) is 3.49. The predicted octanol–water partition coefficient (Wildman–Crippen LogP) is 2.58. The SMILES string of the molecule is CCOc1cc(C)c(C(=O)CCN)cc1Cl. The Bertz CT molecular complexity index is 391. The predicted molar refractivity (Wildman–Crippen MR) is 65.4 cm³/mol. The van der Waals surface area contributed by atoms with Crippen LogP contribution in [0.4, 0.5) is 0 Å². The van der Waals surface area contributed by atoms with E-state index in [1.165, 1.54) is 0 Å². The molecule has 0 fully saturated rings. The Morgan fingerprint density at radius 2 is 2.19 bits per heavy atom. The molecule has 1 aromatic rings. The summed E-state index contributed by atoms with van der Waals surface area (Å²) >= 11 is 6.02. The fourth-order valence-electron chi connectivity index (χ4n) is 1.49. The normalized spacial score (nSPS) is 10.2. The zero-order valence-electron chi connectivity index (χ0n) is 9.55. The van der Waals surface area contributed by atoms with Crippen molar-refractivity contribution in [1.82, 2.24) is 0 Å². The number of benzene rings is 1. The maximum Gasteiger partial charge on any atom is 0.164 e. The van der Waals surface area contributed by atoms with Gasteiger partial charge in [0, 0.05) is 12.0 Å². The molecular formula is C12H16ClNO2. The standard InChI is InChI=1S/C12H16ClNO2/c1-3-16-12-6-8(2)9(7-10(12)13)11(15)4-5-14/h6-7H,3-5,14H2,1-2H3. The van der Waals surface area contributed by atoms with E-state index in [0.717, 1.165) is 5.56 Å². The van der Waals surface area contributed by atoms with Crippen LogP contribution in [0.15, 0.2) is 12.1 Å². The Labute approximate surface area is 101 Å². The van der Waals surface area contributed by atoms with Crippen molar-refractivity contribution < 1.29 is 9.53 Å². The highest BCUT2D eigenvalue weighted by Crippen LogP contribution is 2.28. The van der Waals surface area contributed by atoms with Crippen LogP contribution in [-0.2, 0) is 0 Å². The van der Waals surface area contributed by atoms with Gasteiger partial charge in [0.2, 0.25) is 0 Å². The summed E-state index contributed by atoms with van der Waals surface area (Å²) in [5, 5.41) is 0.466. The molecule has 0 radical (unpaired) electrons. The fraction of sp³-hybridized carbons (Fsp3) is 0.417. The van der Waals surface area contributed by atoms with Gasteiger partial charge >= 0.3 is 0 Å². The van der Waals surface area contributed by atoms with Crippen molar-refractivity contribution in [2.24, 2.45) is 5.73 Å². The van der Waals surface area contributed by atoms with Crippen molar-refractivity contribution in [2.75, 3.05) is 13.2 Å². The lowest BCUT2D eigenvalue weighted by molar-refractivity contribution is 0.0985. The van der Waals surface area contributed by atoms with Crippen molar-refractivity contribution in [3.63, 3.8) is 0 Å². The van der Waals surface area contributed by atoms with E-state index >= 15 is 0 Å². The molecular weight excluding hydrogens is 226 g/mol. The number of ether oxygens (including phenoxy) is 1. The minimum absolute atomic E-state index is 0.0185. The number of carbonyl (C=O) groups is 1. The first-order valence-corrected chi connectivity index (χ1v) is 5.64. The van der Waals surface area contributed by atoms with Crippen molar-refractivity contribution in [3.05, 3.63) is 28.3 Å². The highest BCUT2D eigenvalue weighted by molar-refractivity contribution is 6.32. The van der Waals surface area contributed by atoms with Crippen LogP contribution in [0.5, 0.6) is 5.75 Å². The summed E-state index contributed by atoms with van der Waals surface area (Å²) in [6.45, 7) is 4.65. The van der Waals surface area contributed by atoms with Crippen LogP contribution in [0.25, 0.3) is 0 Å². The average Bonchev–Trinajstić information content (AvgIpc) is 2.23. The van der Waals surface area contributed by atoms with Gasteiger partial charge in [-0.05, 0) is 38.1 Å². The Hall–Kier alpha value is -1.06. The molecule has 0 unspecified atom stereocenters. The van der Waals surface area contributed by atoms with Gasteiger partial charge in [-0.25, -0.2) is 0 Å². The van der Waals surface area contributed by atoms with Crippen LogP contribution in [0.1, 0.15) is 29.3 Å². The van der Waals surface area contributed by atoms with Crippen molar-refractivity contribution in [1.29, 1.82) is 0 Å². The van der Waals surface area contributed by atoms with Crippen LogP contribution >= 0.6 is 11.6 Å². The number of halogens is 1. The molecule has 0 aliphatic carbocycles. The van der Waals surface area contributed by atoms with Gasteiger partial charge in [0.15, 0.2) is 5.78 Å². The van der Waals surface area contributed by atoms with Gasteiger partial charge in [0.25, 0.3) is 0 Å². The Morgan fingerprint density at radius 1 is 1.50 bits per heavy atom. The minimum atomic E-state index is 0.0185. The first kappa shape index (κ1) is 13.0. The number of Topliss-reactive ketones (excluding diaryl/α,β-unsaturated/α-hetero) is 1. The van der Waals surface area contributed by atoms with Crippen LogP contribution in [0, 0.1) is 6.92 Å². The molecule has 0 saturated heterocycles. The second-order valence-corrected chi connectivity index (χ2v) is 3.90. The zero-order chi connectivity index (χ0) is 12.1. The quantitative estimate of drug-likeness (QED) is 0.807. The maximum absolute atomic E-state index is 11.7. The Balaban J connectivity index is 3.05. The van der Waals surface area contributed by atoms with Gasteiger partial charge in [-0.1, -0.05) is 11.6 Å². The van der Waals surface area contributed by atoms with E-state index in [2.05, 4.69) is 0 Å². The molecule has 1 aromatic carbocycles. The minimum Gasteiger partial charge on any atom is -0.492 e. The monoisotopic (exact) mass is 241 g/mol. The number of ketones is 1. The molecule has 0 aliphatic heterocycles. The van der Waals surface area contributed by atoms with Crippen molar-refractivity contribution >= 4 is 17.4 Å². The molecule has 2 N–H and O–H groups in total. The molecule has 16 heavy (non-hydrogen) atoms. The molecule has 0 bridgehead atoms. The summed E-state index contributed by atoms with van der Waals surface area (Å²) in [7, 11) is 0. The molecule has 0 aromatic heterocycles. The van der Waals surface area contributed by atoms with E-state index in [-0.39, 0.29) is 5.78 Å². The highest BCUT2D eigenvalue weighted by Gasteiger charge is 2.12. The van der Waals surface area contributed by atoms with E-state index in [0.29, 0.717) is 35.9 Å².